The van der Waals surface area contributed by atoms with Gasteiger partial charge in [-0.1, -0.05) is 78.0 Å². The minimum atomic E-state index is 0.798. The lowest BCUT2D eigenvalue weighted by molar-refractivity contribution is 0.316. The number of oxime groups is 1. The Hall–Kier alpha value is -2.35. The van der Waals surface area contributed by atoms with E-state index in [1.54, 1.807) is 0 Å². The molecule has 1 N–H and O–H groups in total. The van der Waals surface area contributed by atoms with Gasteiger partial charge in [0.25, 0.3) is 0 Å². The Morgan fingerprint density at radius 1 is 0.905 bits per heavy atom. The highest BCUT2D eigenvalue weighted by Gasteiger charge is 2.00. The molecule has 0 heterocycles. The van der Waals surface area contributed by atoms with Gasteiger partial charge in [-0.05, 0) is 36.8 Å². The van der Waals surface area contributed by atoms with Crippen LogP contribution in [0.4, 0.5) is 0 Å². The summed E-state index contributed by atoms with van der Waals surface area (Å²) in [5.41, 5.74) is 3.33. The Balaban J connectivity index is 1.74. The SMILES string of the molecule is O/N=C(/CC/C=C/c1ccccc1)CCc1ccccc1. The first-order valence-corrected chi connectivity index (χ1v) is 7.34. The van der Waals surface area contributed by atoms with E-state index in [1.165, 1.54) is 11.1 Å². The van der Waals surface area contributed by atoms with E-state index in [1.807, 2.05) is 36.4 Å². The molecule has 0 aliphatic rings. The van der Waals surface area contributed by atoms with E-state index in [0.29, 0.717) is 0 Å². The molecule has 108 valence electrons. The first-order chi connectivity index (χ1) is 10.4. The van der Waals surface area contributed by atoms with Crippen molar-refractivity contribution in [2.75, 3.05) is 0 Å². The average molecular weight is 279 g/mol. The third-order valence-corrected chi connectivity index (χ3v) is 3.40. The summed E-state index contributed by atoms with van der Waals surface area (Å²) in [5, 5.41) is 12.5. The van der Waals surface area contributed by atoms with Gasteiger partial charge in [-0.2, -0.15) is 0 Å². The molecule has 0 bridgehead atoms. The van der Waals surface area contributed by atoms with Crippen LogP contribution < -0.4 is 0 Å². The van der Waals surface area contributed by atoms with E-state index < -0.39 is 0 Å². The fraction of sp³-hybridized carbons (Fsp3) is 0.211. The maximum absolute atomic E-state index is 9.08. The van der Waals surface area contributed by atoms with Crippen LogP contribution in [-0.4, -0.2) is 10.9 Å². The van der Waals surface area contributed by atoms with Crippen LogP contribution in [0.25, 0.3) is 6.08 Å². The van der Waals surface area contributed by atoms with Crippen molar-refractivity contribution in [3.63, 3.8) is 0 Å². The van der Waals surface area contributed by atoms with E-state index in [-0.39, 0.29) is 0 Å². The van der Waals surface area contributed by atoms with E-state index >= 15 is 0 Å². The van der Waals surface area contributed by atoms with Gasteiger partial charge < -0.3 is 5.21 Å². The molecule has 0 spiro atoms. The van der Waals surface area contributed by atoms with Crippen LogP contribution in [0.1, 0.15) is 30.4 Å². The fourth-order valence-electron chi connectivity index (χ4n) is 2.19. The summed E-state index contributed by atoms with van der Waals surface area (Å²) in [5.74, 6) is 0. The van der Waals surface area contributed by atoms with Gasteiger partial charge >= 0.3 is 0 Å². The van der Waals surface area contributed by atoms with E-state index in [9.17, 15) is 0 Å². The number of allylic oxidation sites excluding steroid dienone is 1. The molecule has 2 aromatic carbocycles. The molecular formula is C19H21NO. The van der Waals surface area contributed by atoms with Crippen molar-refractivity contribution in [2.45, 2.75) is 25.7 Å². The van der Waals surface area contributed by atoms with Gasteiger partial charge in [-0.25, -0.2) is 0 Å². The Bertz CT molecular complexity index is 573. The lowest BCUT2D eigenvalue weighted by Crippen LogP contribution is -2.00. The van der Waals surface area contributed by atoms with Crippen molar-refractivity contribution >= 4 is 11.8 Å². The molecule has 0 atom stereocenters. The molecule has 0 aliphatic carbocycles. The topological polar surface area (TPSA) is 32.6 Å². The van der Waals surface area contributed by atoms with Gasteiger partial charge in [0, 0.05) is 0 Å². The highest BCUT2D eigenvalue weighted by molar-refractivity contribution is 5.84. The number of aryl methyl sites for hydroxylation is 1. The van der Waals surface area contributed by atoms with Gasteiger partial charge in [0.05, 0.1) is 5.71 Å². The predicted molar refractivity (Wildman–Crippen MR) is 88.7 cm³/mol. The molecule has 0 saturated heterocycles. The monoisotopic (exact) mass is 279 g/mol. The second-order valence-electron chi connectivity index (χ2n) is 5.00. The molecule has 0 radical (unpaired) electrons. The molecule has 0 aromatic heterocycles. The van der Waals surface area contributed by atoms with Crippen LogP contribution in [0.3, 0.4) is 0 Å². The van der Waals surface area contributed by atoms with E-state index in [0.717, 1.165) is 31.4 Å². The molecule has 0 fully saturated rings. The van der Waals surface area contributed by atoms with Crippen LogP contribution >= 0.6 is 0 Å². The lowest BCUT2D eigenvalue weighted by Gasteiger charge is -2.03. The maximum atomic E-state index is 9.08. The highest BCUT2D eigenvalue weighted by atomic mass is 16.4. The smallest absolute Gasteiger partial charge is 0.0577 e. The largest absolute Gasteiger partial charge is 0.411 e. The number of nitrogens with zero attached hydrogens (tertiary/aromatic N) is 1. The lowest BCUT2D eigenvalue weighted by atomic mass is 10.0. The summed E-state index contributed by atoms with van der Waals surface area (Å²) in [4.78, 5) is 0. The Morgan fingerprint density at radius 2 is 1.57 bits per heavy atom. The molecule has 21 heavy (non-hydrogen) atoms. The molecule has 2 heteroatoms. The molecule has 0 aliphatic heterocycles. The van der Waals surface area contributed by atoms with Crippen LogP contribution in [-0.2, 0) is 6.42 Å². The number of rotatable bonds is 7. The number of benzene rings is 2. The Labute approximate surface area is 126 Å². The minimum absolute atomic E-state index is 0.798. The third-order valence-electron chi connectivity index (χ3n) is 3.40. The maximum Gasteiger partial charge on any atom is 0.0577 e. The zero-order valence-electron chi connectivity index (χ0n) is 12.2. The zero-order chi connectivity index (χ0) is 14.8. The number of hydrogen-bond donors (Lipinski definition) is 1. The second kappa shape index (κ2) is 8.75. The first kappa shape index (κ1) is 15.0. The van der Waals surface area contributed by atoms with Gasteiger partial charge in [-0.15, -0.1) is 0 Å². The van der Waals surface area contributed by atoms with Crippen molar-refractivity contribution in [3.05, 3.63) is 77.9 Å². The van der Waals surface area contributed by atoms with E-state index in [4.69, 9.17) is 5.21 Å². The van der Waals surface area contributed by atoms with Crippen LogP contribution in [0.2, 0.25) is 0 Å². The summed E-state index contributed by atoms with van der Waals surface area (Å²) in [6.07, 6.45) is 7.65. The Morgan fingerprint density at radius 3 is 2.24 bits per heavy atom. The summed E-state index contributed by atoms with van der Waals surface area (Å²) in [6.45, 7) is 0. The second-order valence-corrected chi connectivity index (χ2v) is 5.00. The Kier molecular flexibility index (Phi) is 6.27. The predicted octanol–water partition coefficient (Wildman–Crippen LogP) is 4.94. The molecule has 0 saturated carbocycles. The zero-order valence-corrected chi connectivity index (χ0v) is 12.2. The molecule has 2 aromatic rings. The minimum Gasteiger partial charge on any atom is -0.411 e. The van der Waals surface area contributed by atoms with Crippen molar-refractivity contribution in [3.8, 4) is 0 Å². The highest BCUT2D eigenvalue weighted by Crippen LogP contribution is 2.08. The van der Waals surface area contributed by atoms with Crippen LogP contribution in [0.15, 0.2) is 71.9 Å². The fourth-order valence-corrected chi connectivity index (χ4v) is 2.19. The van der Waals surface area contributed by atoms with Gasteiger partial charge in [-0.3, -0.25) is 0 Å². The van der Waals surface area contributed by atoms with Crippen molar-refractivity contribution in [1.82, 2.24) is 0 Å². The van der Waals surface area contributed by atoms with Crippen LogP contribution in [0.5, 0.6) is 0 Å². The number of hydrogen-bond acceptors (Lipinski definition) is 2. The molecule has 2 nitrogen and oxygen atoms in total. The molecular weight excluding hydrogens is 258 g/mol. The standard InChI is InChI=1S/C19H21NO/c21-20-19(16-15-18-11-5-2-6-12-18)14-8-7-13-17-9-3-1-4-10-17/h1-7,9-13,21H,8,14-16H2/b13-7+,20-19-. The molecule has 0 amide bonds. The average Bonchev–Trinajstić information content (AvgIpc) is 2.56. The summed E-state index contributed by atoms with van der Waals surface area (Å²) >= 11 is 0. The molecule has 2 rings (SSSR count). The van der Waals surface area contributed by atoms with Gasteiger partial charge in [0.15, 0.2) is 0 Å². The normalized spacial score (nSPS) is 11.9. The van der Waals surface area contributed by atoms with Crippen LogP contribution in [0, 0.1) is 0 Å². The third kappa shape index (κ3) is 5.65. The van der Waals surface area contributed by atoms with Crippen molar-refractivity contribution in [1.29, 1.82) is 0 Å². The van der Waals surface area contributed by atoms with Gasteiger partial charge in [0.2, 0.25) is 0 Å². The molecule has 0 unspecified atom stereocenters. The first-order valence-electron chi connectivity index (χ1n) is 7.34. The summed E-state index contributed by atoms with van der Waals surface area (Å²) < 4.78 is 0. The summed E-state index contributed by atoms with van der Waals surface area (Å²) in [7, 11) is 0. The van der Waals surface area contributed by atoms with Crippen molar-refractivity contribution < 1.29 is 5.21 Å². The van der Waals surface area contributed by atoms with E-state index in [2.05, 4.69) is 41.6 Å². The van der Waals surface area contributed by atoms with Crippen molar-refractivity contribution in [2.24, 2.45) is 5.16 Å². The quantitative estimate of drug-likeness (QED) is 0.434. The summed E-state index contributed by atoms with van der Waals surface area (Å²) in [6, 6.07) is 20.5. The van der Waals surface area contributed by atoms with Gasteiger partial charge in [0.1, 0.15) is 0 Å².